The second-order valence-electron chi connectivity index (χ2n) is 8.14. The van der Waals surface area contributed by atoms with Crippen molar-refractivity contribution in [2.75, 3.05) is 23.0 Å². The number of hydrogen-bond donors (Lipinski definition) is 4. The number of aromatic nitrogens is 2. The lowest BCUT2D eigenvalue weighted by atomic mass is 9.91. The van der Waals surface area contributed by atoms with Gasteiger partial charge in [0.15, 0.2) is 11.6 Å². The van der Waals surface area contributed by atoms with Gasteiger partial charge in [-0.1, -0.05) is 72.3 Å². The van der Waals surface area contributed by atoms with Gasteiger partial charge in [0, 0.05) is 6.54 Å². The van der Waals surface area contributed by atoms with Crippen molar-refractivity contribution in [3.8, 4) is 0 Å². The van der Waals surface area contributed by atoms with E-state index in [1.165, 1.54) is 37.6 Å². The standard InChI is InChI=1S/C26H30N6O/c27-23-24(28-17-16-19-10-4-1-5-11-19)29-18-30-25(23)31-32-26(33)22(20-12-6-2-7-13-20)21-14-8-3-9-15-21/h2-3,6-10,12-15,18,22H,1,4-5,11,16-17,27H2,(H,32,33)(H2,28,29,30,31). The predicted octanol–water partition coefficient (Wildman–Crippen LogP) is 4.64. The number of anilines is 3. The largest absolute Gasteiger partial charge is 0.393 e. The highest BCUT2D eigenvalue weighted by Crippen LogP contribution is 2.26. The van der Waals surface area contributed by atoms with Gasteiger partial charge in [0.1, 0.15) is 12.0 Å². The summed E-state index contributed by atoms with van der Waals surface area (Å²) in [5.41, 5.74) is 15.6. The van der Waals surface area contributed by atoms with Crippen LogP contribution in [0.3, 0.4) is 0 Å². The molecule has 4 rings (SSSR count). The van der Waals surface area contributed by atoms with Crippen molar-refractivity contribution in [1.29, 1.82) is 0 Å². The summed E-state index contributed by atoms with van der Waals surface area (Å²) >= 11 is 0. The van der Waals surface area contributed by atoms with Crippen molar-refractivity contribution in [2.45, 2.75) is 38.0 Å². The van der Waals surface area contributed by atoms with Crippen LogP contribution in [0.2, 0.25) is 0 Å². The smallest absolute Gasteiger partial charge is 0.250 e. The van der Waals surface area contributed by atoms with Gasteiger partial charge >= 0.3 is 0 Å². The van der Waals surface area contributed by atoms with Crippen LogP contribution >= 0.6 is 0 Å². The van der Waals surface area contributed by atoms with E-state index in [9.17, 15) is 4.79 Å². The highest BCUT2D eigenvalue weighted by Gasteiger charge is 2.23. The molecule has 0 saturated carbocycles. The molecule has 0 fully saturated rings. The number of amides is 1. The second-order valence-corrected chi connectivity index (χ2v) is 8.14. The van der Waals surface area contributed by atoms with Crippen molar-refractivity contribution < 1.29 is 4.79 Å². The topological polar surface area (TPSA) is 105 Å². The molecule has 0 bridgehead atoms. The molecule has 7 nitrogen and oxygen atoms in total. The zero-order valence-electron chi connectivity index (χ0n) is 18.6. The van der Waals surface area contributed by atoms with Crippen molar-refractivity contribution in [3.05, 3.63) is 89.8 Å². The van der Waals surface area contributed by atoms with Crippen LogP contribution in [0, 0.1) is 0 Å². The van der Waals surface area contributed by atoms with E-state index in [0.29, 0.717) is 17.3 Å². The summed E-state index contributed by atoms with van der Waals surface area (Å²) in [5.74, 6) is 0.243. The number of nitrogens with two attached hydrogens (primary N) is 1. The molecule has 0 atom stereocenters. The van der Waals surface area contributed by atoms with Gasteiger partial charge in [0.25, 0.3) is 0 Å². The first-order valence-corrected chi connectivity index (χ1v) is 11.4. The van der Waals surface area contributed by atoms with Crippen molar-refractivity contribution >= 4 is 23.2 Å². The average molecular weight is 443 g/mol. The number of allylic oxidation sites excluding steroid dienone is 1. The number of nitrogens with one attached hydrogen (secondary N) is 3. The van der Waals surface area contributed by atoms with Gasteiger partial charge in [-0.25, -0.2) is 9.97 Å². The van der Waals surface area contributed by atoms with E-state index in [1.807, 2.05) is 60.7 Å². The molecule has 33 heavy (non-hydrogen) atoms. The Morgan fingerprint density at radius 2 is 1.61 bits per heavy atom. The molecular weight excluding hydrogens is 412 g/mol. The van der Waals surface area contributed by atoms with Crippen LogP contribution in [0.4, 0.5) is 17.3 Å². The average Bonchev–Trinajstić information content (AvgIpc) is 2.86. The summed E-state index contributed by atoms with van der Waals surface area (Å²) < 4.78 is 0. The molecular formula is C26H30N6O. The molecule has 0 unspecified atom stereocenters. The minimum Gasteiger partial charge on any atom is -0.393 e. The fraction of sp³-hybridized carbons (Fsp3) is 0.269. The lowest BCUT2D eigenvalue weighted by Gasteiger charge is -2.19. The minimum atomic E-state index is -0.468. The Morgan fingerprint density at radius 3 is 2.24 bits per heavy atom. The third-order valence-corrected chi connectivity index (χ3v) is 5.84. The van der Waals surface area contributed by atoms with Crippen LogP contribution in [-0.2, 0) is 4.79 Å². The molecule has 2 aromatic carbocycles. The quantitative estimate of drug-likeness (QED) is 0.284. The second kappa shape index (κ2) is 11.1. The number of hydrazine groups is 1. The van der Waals surface area contributed by atoms with Crippen LogP contribution in [0.5, 0.6) is 0 Å². The maximum Gasteiger partial charge on any atom is 0.250 e. The Hall–Kier alpha value is -3.87. The van der Waals surface area contributed by atoms with E-state index in [4.69, 9.17) is 5.73 Å². The van der Waals surface area contributed by atoms with Gasteiger partial charge in [0.2, 0.25) is 5.91 Å². The normalized spacial score (nSPS) is 13.3. The highest BCUT2D eigenvalue weighted by molar-refractivity contribution is 5.88. The Bertz CT molecular complexity index is 1040. The van der Waals surface area contributed by atoms with E-state index >= 15 is 0 Å². The lowest BCUT2D eigenvalue weighted by Crippen LogP contribution is -2.35. The molecule has 0 aliphatic heterocycles. The van der Waals surface area contributed by atoms with Gasteiger partial charge in [0.05, 0.1) is 5.92 Å². The van der Waals surface area contributed by atoms with Crippen molar-refractivity contribution in [2.24, 2.45) is 0 Å². The van der Waals surface area contributed by atoms with Crippen LogP contribution in [0.1, 0.15) is 49.1 Å². The van der Waals surface area contributed by atoms with E-state index in [1.54, 1.807) is 0 Å². The highest BCUT2D eigenvalue weighted by atomic mass is 16.2. The van der Waals surface area contributed by atoms with Gasteiger partial charge < -0.3 is 11.1 Å². The summed E-state index contributed by atoms with van der Waals surface area (Å²) in [6, 6.07) is 19.3. The molecule has 3 aromatic rings. The molecule has 170 valence electrons. The van der Waals surface area contributed by atoms with Crippen LogP contribution in [0.15, 0.2) is 78.6 Å². The molecule has 1 aromatic heterocycles. The number of nitrogen functional groups attached to an aromatic ring is 1. The summed E-state index contributed by atoms with van der Waals surface area (Å²) in [7, 11) is 0. The van der Waals surface area contributed by atoms with Gasteiger partial charge in [-0.15, -0.1) is 0 Å². The molecule has 7 heteroatoms. The number of hydrogen-bond acceptors (Lipinski definition) is 6. The Kier molecular flexibility index (Phi) is 7.53. The molecule has 0 radical (unpaired) electrons. The first-order chi connectivity index (χ1) is 16.2. The lowest BCUT2D eigenvalue weighted by molar-refractivity contribution is -0.121. The zero-order chi connectivity index (χ0) is 22.9. The Balaban J connectivity index is 1.41. The Labute approximate surface area is 194 Å². The SMILES string of the molecule is Nc1c(NCCC2=CCCCC2)ncnc1NNC(=O)C(c1ccccc1)c1ccccc1. The first kappa shape index (κ1) is 22.3. The van der Waals surface area contributed by atoms with Gasteiger partial charge in [-0.3, -0.25) is 15.6 Å². The number of benzene rings is 2. The number of carbonyl (C=O) groups excluding carboxylic acids is 1. The van der Waals surface area contributed by atoms with Gasteiger partial charge in [-0.2, -0.15) is 0 Å². The summed E-state index contributed by atoms with van der Waals surface area (Å²) in [6.45, 7) is 0.753. The molecule has 5 N–H and O–H groups in total. The molecule has 0 saturated heterocycles. The fourth-order valence-electron chi connectivity index (χ4n) is 4.09. The van der Waals surface area contributed by atoms with E-state index in [2.05, 4.69) is 32.2 Å². The maximum absolute atomic E-state index is 13.2. The monoisotopic (exact) mass is 442 g/mol. The summed E-state index contributed by atoms with van der Waals surface area (Å²) in [5, 5.41) is 3.29. The zero-order valence-corrected chi connectivity index (χ0v) is 18.6. The summed E-state index contributed by atoms with van der Waals surface area (Å²) in [6.07, 6.45) is 9.63. The van der Waals surface area contributed by atoms with Crippen molar-refractivity contribution in [3.63, 3.8) is 0 Å². The van der Waals surface area contributed by atoms with Crippen LogP contribution in [-0.4, -0.2) is 22.4 Å². The Morgan fingerprint density at radius 1 is 0.939 bits per heavy atom. The molecule has 1 heterocycles. The minimum absolute atomic E-state index is 0.204. The van der Waals surface area contributed by atoms with Crippen LogP contribution in [0.25, 0.3) is 0 Å². The number of nitrogens with zero attached hydrogens (tertiary/aromatic N) is 2. The summed E-state index contributed by atoms with van der Waals surface area (Å²) in [4.78, 5) is 21.6. The van der Waals surface area contributed by atoms with E-state index < -0.39 is 5.92 Å². The molecule has 0 spiro atoms. The molecule has 1 aliphatic carbocycles. The predicted molar refractivity (Wildman–Crippen MR) is 133 cm³/mol. The third-order valence-electron chi connectivity index (χ3n) is 5.84. The maximum atomic E-state index is 13.2. The third kappa shape index (κ3) is 5.88. The fourth-order valence-corrected chi connectivity index (χ4v) is 4.09. The first-order valence-electron chi connectivity index (χ1n) is 11.4. The van der Waals surface area contributed by atoms with Crippen LogP contribution < -0.4 is 21.9 Å². The molecule has 1 amide bonds. The van der Waals surface area contributed by atoms with Gasteiger partial charge in [-0.05, 0) is 43.2 Å². The van der Waals surface area contributed by atoms with E-state index in [-0.39, 0.29) is 5.91 Å². The van der Waals surface area contributed by atoms with Crippen molar-refractivity contribution in [1.82, 2.24) is 15.4 Å². The van der Waals surface area contributed by atoms with E-state index in [0.717, 1.165) is 24.1 Å². The molecule has 1 aliphatic rings. The number of carbonyl (C=O) groups is 1. The number of rotatable bonds is 9.